The number of halogens is 4. The van der Waals surface area contributed by atoms with Gasteiger partial charge in [-0.1, -0.05) is 30.3 Å². The maximum atomic E-state index is 15.5. The summed E-state index contributed by atoms with van der Waals surface area (Å²) in [5, 5.41) is 15.4. The second kappa shape index (κ2) is 17.8. The number of hydrogen-bond donors (Lipinski definition) is 3. The van der Waals surface area contributed by atoms with Gasteiger partial charge in [0.25, 0.3) is 17.7 Å². The van der Waals surface area contributed by atoms with E-state index in [2.05, 4.69) is 71.0 Å². The fourth-order valence-electron chi connectivity index (χ4n) is 9.25. The molecule has 67 heavy (non-hydrogen) atoms. The average molecular weight is 924 g/mol. The summed E-state index contributed by atoms with van der Waals surface area (Å²) in [6.07, 6.45) is 0.151. The van der Waals surface area contributed by atoms with Crippen LogP contribution in [0.5, 0.6) is 0 Å². The predicted octanol–water partition coefficient (Wildman–Crippen LogP) is 5.06. The second-order valence-electron chi connectivity index (χ2n) is 18.1. The topological polar surface area (TPSA) is 182 Å². The lowest BCUT2D eigenvalue weighted by atomic mass is 9.92. The Labute approximate surface area is 382 Å². The summed E-state index contributed by atoms with van der Waals surface area (Å²) in [6.45, 7) is 9.43. The lowest BCUT2D eigenvalue weighted by Crippen LogP contribution is -2.54. The van der Waals surface area contributed by atoms with E-state index in [1.165, 1.54) is 17.8 Å². The average Bonchev–Trinajstić information content (AvgIpc) is 4.05. The van der Waals surface area contributed by atoms with Crippen molar-refractivity contribution in [2.24, 2.45) is 0 Å². The number of aryl methyl sites for hydroxylation is 1. The van der Waals surface area contributed by atoms with Crippen LogP contribution in [0.2, 0.25) is 0 Å². The van der Waals surface area contributed by atoms with Gasteiger partial charge < -0.3 is 10.2 Å². The summed E-state index contributed by atoms with van der Waals surface area (Å²) >= 11 is 0. The van der Waals surface area contributed by atoms with Crippen LogP contribution in [0.4, 0.5) is 23.2 Å². The number of piperidine rings is 2. The van der Waals surface area contributed by atoms with E-state index in [-0.39, 0.29) is 47.6 Å². The van der Waals surface area contributed by atoms with E-state index in [0.717, 1.165) is 92.8 Å². The molecule has 1 unspecified atom stereocenters. The van der Waals surface area contributed by atoms with Gasteiger partial charge in [0.1, 0.15) is 23.1 Å². The van der Waals surface area contributed by atoms with Crippen LogP contribution < -0.4 is 15.5 Å². The molecule has 350 valence electrons. The molecule has 0 aliphatic carbocycles. The van der Waals surface area contributed by atoms with Gasteiger partial charge in [-0.15, -0.1) is 0 Å². The van der Waals surface area contributed by atoms with Crippen LogP contribution >= 0.6 is 0 Å². The van der Waals surface area contributed by atoms with Crippen molar-refractivity contribution in [2.45, 2.75) is 83.2 Å². The van der Waals surface area contributed by atoms with Crippen LogP contribution in [0.15, 0.2) is 67.0 Å². The minimum Gasteiger partial charge on any atom is -0.369 e. The van der Waals surface area contributed by atoms with Crippen molar-refractivity contribution in [2.75, 3.05) is 44.2 Å². The number of aromatic amines is 1. The van der Waals surface area contributed by atoms with Crippen molar-refractivity contribution in [3.05, 3.63) is 112 Å². The number of amides is 5. The van der Waals surface area contributed by atoms with Gasteiger partial charge in [-0.2, -0.15) is 23.4 Å². The number of H-pyrrole nitrogens is 1. The number of alkyl halides is 3. The molecule has 5 amide bonds. The molecule has 3 aromatic carbocycles. The Kier molecular flexibility index (Phi) is 12.0. The van der Waals surface area contributed by atoms with Crippen molar-refractivity contribution in [1.29, 1.82) is 0 Å². The number of imide groups is 2. The molecule has 3 N–H and O–H groups in total. The Balaban J connectivity index is 0.736. The molecule has 3 saturated heterocycles. The van der Waals surface area contributed by atoms with Crippen LogP contribution in [0.25, 0.3) is 16.8 Å². The van der Waals surface area contributed by atoms with Gasteiger partial charge in [0.2, 0.25) is 11.8 Å². The number of piperazine rings is 1. The number of fused-ring (bicyclic) bond motifs is 1. The highest BCUT2D eigenvalue weighted by Crippen LogP contribution is 2.39. The maximum Gasteiger partial charge on any atom is 0.401 e. The van der Waals surface area contributed by atoms with Gasteiger partial charge in [-0.05, 0) is 86.6 Å². The molecule has 0 bridgehead atoms. The number of anilines is 1. The Hall–Kier alpha value is -6.80. The van der Waals surface area contributed by atoms with Crippen LogP contribution in [-0.4, -0.2) is 127 Å². The molecule has 4 aliphatic rings. The summed E-state index contributed by atoms with van der Waals surface area (Å²) < 4.78 is 57.3. The Bertz CT molecular complexity index is 2750. The number of hydrogen-bond acceptors (Lipinski definition) is 11. The molecular formula is C47H49F4N11O5. The predicted molar refractivity (Wildman–Crippen MR) is 236 cm³/mol. The zero-order valence-electron chi connectivity index (χ0n) is 37.1. The first-order valence-corrected chi connectivity index (χ1v) is 22.2. The van der Waals surface area contributed by atoms with Crippen LogP contribution in [0.3, 0.4) is 0 Å². The van der Waals surface area contributed by atoms with Crippen molar-refractivity contribution in [1.82, 2.24) is 50.3 Å². The van der Waals surface area contributed by atoms with Gasteiger partial charge >= 0.3 is 6.18 Å². The largest absolute Gasteiger partial charge is 0.401 e. The summed E-state index contributed by atoms with van der Waals surface area (Å²) in [5.41, 5.74) is 3.28. The Morgan fingerprint density at radius 1 is 0.851 bits per heavy atom. The molecule has 1 atom stereocenters. The number of nitrogens with zero attached hydrogens (tertiary/aromatic N) is 8. The minimum absolute atomic E-state index is 0.00813. The number of rotatable bonds is 11. The molecular weight excluding hydrogens is 875 g/mol. The Morgan fingerprint density at radius 3 is 2.21 bits per heavy atom. The zero-order valence-corrected chi connectivity index (χ0v) is 37.1. The molecule has 20 heteroatoms. The fraction of sp³-hybridized carbons (Fsp3) is 0.404. The summed E-state index contributed by atoms with van der Waals surface area (Å²) in [4.78, 5) is 75.1. The highest BCUT2D eigenvalue weighted by molar-refractivity contribution is 6.23. The Morgan fingerprint density at radius 2 is 1.54 bits per heavy atom. The van der Waals surface area contributed by atoms with Crippen LogP contribution in [-0.2, 0) is 28.1 Å². The number of carbonyl (C=O) groups is 5. The molecule has 16 nitrogen and oxygen atoms in total. The van der Waals surface area contributed by atoms with Crippen LogP contribution in [0.1, 0.15) is 93.4 Å². The lowest BCUT2D eigenvalue weighted by Gasteiger charge is -2.43. The summed E-state index contributed by atoms with van der Waals surface area (Å²) in [6, 6.07) is 16.3. The molecule has 9 rings (SSSR count). The highest BCUT2D eigenvalue weighted by atomic mass is 19.4. The molecule has 5 aromatic rings. The van der Waals surface area contributed by atoms with E-state index in [4.69, 9.17) is 0 Å². The van der Waals surface area contributed by atoms with E-state index < -0.39 is 58.8 Å². The summed E-state index contributed by atoms with van der Waals surface area (Å²) in [7, 11) is 0. The molecule has 4 aliphatic heterocycles. The third-order valence-electron chi connectivity index (χ3n) is 13.4. The molecule has 2 aromatic heterocycles. The third kappa shape index (κ3) is 8.94. The fourth-order valence-corrected chi connectivity index (χ4v) is 9.25. The van der Waals surface area contributed by atoms with Gasteiger partial charge in [0, 0.05) is 64.5 Å². The first kappa shape index (κ1) is 45.4. The first-order chi connectivity index (χ1) is 31.9. The molecule has 6 heterocycles. The van der Waals surface area contributed by atoms with E-state index in [9.17, 15) is 37.1 Å². The molecule has 0 saturated carbocycles. The van der Waals surface area contributed by atoms with Crippen molar-refractivity contribution < 1.29 is 41.5 Å². The second-order valence-corrected chi connectivity index (χ2v) is 18.1. The van der Waals surface area contributed by atoms with Gasteiger partial charge in [0.05, 0.1) is 40.8 Å². The van der Waals surface area contributed by atoms with Crippen molar-refractivity contribution in [3.63, 3.8) is 0 Å². The molecule has 0 radical (unpaired) electrons. The number of aromatic nitrogens is 5. The smallest absolute Gasteiger partial charge is 0.369 e. The first-order valence-electron chi connectivity index (χ1n) is 22.2. The van der Waals surface area contributed by atoms with Crippen LogP contribution in [0, 0.1) is 12.7 Å². The minimum atomic E-state index is -4.54. The molecule has 3 fully saturated rings. The van der Waals surface area contributed by atoms with Gasteiger partial charge in [0.15, 0.2) is 5.82 Å². The molecule has 0 spiro atoms. The highest BCUT2D eigenvalue weighted by Gasteiger charge is 2.51. The SMILES string of the molecule is Cc1cc(-c2ccc(CN3CCN(C4CCN(c5cc6c(cc5F)C(=O)N(C5CCC(=O)NC5=O)C6=O)CC4)CC3)cc2)ccc1-n1cc(C(=O)NCc2nc(C(C)(C)C(F)(F)F)n[nH]2)cn1. The van der Waals surface area contributed by atoms with Crippen molar-refractivity contribution >= 4 is 35.2 Å². The third-order valence-corrected chi connectivity index (χ3v) is 13.4. The van der Waals surface area contributed by atoms with Gasteiger partial charge in [-0.25, -0.2) is 14.1 Å². The number of carbonyl (C=O) groups excluding carboxylic acids is 5. The lowest BCUT2D eigenvalue weighted by molar-refractivity contribution is -0.182. The number of nitrogens with one attached hydrogen (secondary N) is 3. The van der Waals surface area contributed by atoms with Gasteiger partial charge in [-0.3, -0.25) is 49.1 Å². The quantitative estimate of drug-likeness (QED) is 0.119. The normalized spacial score (nSPS) is 19.0. The van der Waals surface area contributed by atoms with E-state index >= 15 is 4.39 Å². The van der Waals surface area contributed by atoms with E-state index in [1.807, 2.05) is 24.0 Å². The van der Waals surface area contributed by atoms with Crippen molar-refractivity contribution in [3.8, 4) is 16.8 Å². The van der Waals surface area contributed by atoms with E-state index in [1.54, 1.807) is 10.9 Å². The zero-order chi connectivity index (χ0) is 47.4. The monoisotopic (exact) mass is 923 g/mol. The standard InChI is InChI=1S/C47H49F4N11O5/c1-27-20-30(8-9-36(27)61-26-31(23-53-61)41(64)52-24-39-54-45(57-56-39)46(2,3)47(49,50)51)29-6-4-28(5-7-29)25-58-16-18-59(19-17-58)32-12-14-60(15-13-32)38-22-34-33(21-35(38)48)43(66)62(44(34)67)37-10-11-40(63)55-42(37)65/h4-9,20-23,26,32,37H,10-19,24-25H2,1-3H3,(H,52,64)(H,54,56,57)(H,55,63,65). The van der Waals surface area contributed by atoms with E-state index in [0.29, 0.717) is 19.1 Å². The number of benzene rings is 3. The summed E-state index contributed by atoms with van der Waals surface area (Å²) in [5.74, 6) is -3.92. The maximum absolute atomic E-state index is 15.5.